The van der Waals surface area contributed by atoms with Crippen molar-refractivity contribution in [1.82, 2.24) is 0 Å². The summed E-state index contributed by atoms with van der Waals surface area (Å²) >= 11 is 0. The number of carbonyl (C=O) groups is 1. The number of Topliss-reactive ketones (excluding diaryl/α,β-unsaturated/α-hetero) is 1. The van der Waals surface area contributed by atoms with Gasteiger partial charge in [-0.2, -0.15) is 0 Å². The SMILES string of the molecule is CC(=O)c1ccc(NCCO)cc1N. The summed E-state index contributed by atoms with van der Waals surface area (Å²) in [6.07, 6.45) is 0. The van der Waals surface area contributed by atoms with Gasteiger partial charge in [-0.3, -0.25) is 4.79 Å². The second-order valence-corrected chi connectivity index (χ2v) is 3.01. The number of hydrogen-bond donors (Lipinski definition) is 3. The molecule has 4 nitrogen and oxygen atoms in total. The van der Waals surface area contributed by atoms with Gasteiger partial charge in [0, 0.05) is 23.5 Å². The lowest BCUT2D eigenvalue weighted by atomic mass is 10.1. The Bertz CT molecular complexity index is 337. The lowest BCUT2D eigenvalue weighted by molar-refractivity contribution is 0.101. The molecule has 0 amide bonds. The van der Waals surface area contributed by atoms with Crippen LogP contribution in [0.2, 0.25) is 0 Å². The molecule has 4 N–H and O–H groups in total. The molecule has 76 valence electrons. The largest absolute Gasteiger partial charge is 0.398 e. The predicted molar refractivity (Wildman–Crippen MR) is 56.4 cm³/mol. The van der Waals surface area contributed by atoms with Gasteiger partial charge < -0.3 is 16.2 Å². The van der Waals surface area contributed by atoms with Gasteiger partial charge in [-0.05, 0) is 25.1 Å². The summed E-state index contributed by atoms with van der Waals surface area (Å²) in [5.74, 6) is -0.0452. The Morgan fingerprint density at radius 3 is 2.79 bits per heavy atom. The molecular weight excluding hydrogens is 180 g/mol. The third-order valence-electron chi connectivity index (χ3n) is 1.87. The number of hydrogen-bond acceptors (Lipinski definition) is 4. The van der Waals surface area contributed by atoms with E-state index in [1.54, 1.807) is 18.2 Å². The Morgan fingerprint density at radius 2 is 2.29 bits per heavy atom. The first-order valence-corrected chi connectivity index (χ1v) is 4.40. The van der Waals surface area contributed by atoms with Crippen molar-refractivity contribution >= 4 is 17.2 Å². The number of aliphatic hydroxyl groups is 1. The summed E-state index contributed by atoms with van der Waals surface area (Å²) in [5.41, 5.74) is 7.46. The Labute approximate surface area is 82.7 Å². The van der Waals surface area contributed by atoms with Gasteiger partial charge in [0.1, 0.15) is 0 Å². The van der Waals surface area contributed by atoms with Crippen molar-refractivity contribution in [2.75, 3.05) is 24.2 Å². The average molecular weight is 194 g/mol. The monoisotopic (exact) mass is 194 g/mol. The summed E-state index contributed by atoms with van der Waals surface area (Å²) in [6.45, 7) is 2.01. The molecule has 14 heavy (non-hydrogen) atoms. The smallest absolute Gasteiger partial charge is 0.161 e. The first-order valence-electron chi connectivity index (χ1n) is 4.40. The molecule has 1 aromatic rings. The number of nitrogens with two attached hydrogens (primary N) is 1. The fourth-order valence-corrected chi connectivity index (χ4v) is 1.19. The standard InChI is InChI=1S/C10H14N2O2/c1-7(14)9-3-2-8(6-10(9)11)12-4-5-13/h2-3,6,12-13H,4-5,11H2,1H3. The molecule has 0 aliphatic heterocycles. The molecule has 0 bridgehead atoms. The van der Waals surface area contributed by atoms with Crippen LogP contribution in [-0.2, 0) is 0 Å². The minimum atomic E-state index is -0.0452. The van der Waals surface area contributed by atoms with Crippen molar-refractivity contribution in [3.8, 4) is 0 Å². The normalized spacial score (nSPS) is 9.86. The van der Waals surface area contributed by atoms with Gasteiger partial charge >= 0.3 is 0 Å². The molecule has 0 unspecified atom stereocenters. The Balaban J connectivity index is 2.83. The van der Waals surface area contributed by atoms with E-state index in [1.165, 1.54) is 6.92 Å². The van der Waals surface area contributed by atoms with Gasteiger partial charge in [-0.25, -0.2) is 0 Å². The number of aliphatic hydroxyl groups excluding tert-OH is 1. The number of carbonyl (C=O) groups excluding carboxylic acids is 1. The van der Waals surface area contributed by atoms with Gasteiger partial charge in [0.15, 0.2) is 5.78 Å². The van der Waals surface area contributed by atoms with Crippen LogP contribution in [-0.4, -0.2) is 24.0 Å². The number of ketones is 1. The molecule has 0 atom stereocenters. The highest BCUT2D eigenvalue weighted by Gasteiger charge is 2.04. The van der Waals surface area contributed by atoms with E-state index in [0.717, 1.165) is 5.69 Å². The average Bonchev–Trinajstić information content (AvgIpc) is 2.14. The zero-order valence-corrected chi connectivity index (χ0v) is 8.08. The van der Waals surface area contributed by atoms with Crippen LogP contribution in [0.5, 0.6) is 0 Å². The van der Waals surface area contributed by atoms with Gasteiger partial charge in [0.25, 0.3) is 0 Å². The van der Waals surface area contributed by atoms with E-state index in [1.807, 2.05) is 0 Å². The van der Waals surface area contributed by atoms with Crippen molar-refractivity contribution in [3.63, 3.8) is 0 Å². The number of anilines is 2. The molecule has 0 aliphatic carbocycles. The van der Waals surface area contributed by atoms with Crippen molar-refractivity contribution in [1.29, 1.82) is 0 Å². The van der Waals surface area contributed by atoms with E-state index >= 15 is 0 Å². The maximum atomic E-state index is 11.1. The van der Waals surface area contributed by atoms with Gasteiger partial charge in [0.2, 0.25) is 0 Å². The molecule has 0 fully saturated rings. The van der Waals surface area contributed by atoms with Crippen LogP contribution in [0.1, 0.15) is 17.3 Å². The summed E-state index contributed by atoms with van der Waals surface area (Å²) in [7, 11) is 0. The first-order chi connectivity index (χ1) is 6.65. The Hall–Kier alpha value is -1.55. The fourth-order valence-electron chi connectivity index (χ4n) is 1.19. The van der Waals surface area contributed by atoms with Crippen molar-refractivity contribution in [2.45, 2.75) is 6.92 Å². The quantitative estimate of drug-likeness (QED) is 0.491. The van der Waals surface area contributed by atoms with Crippen LogP contribution in [0.25, 0.3) is 0 Å². The highest BCUT2D eigenvalue weighted by atomic mass is 16.3. The van der Waals surface area contributed by atoms with E-state index in [0.29, 0.717) is 17.8 Å². The lowest BCUT2D eigenvalue weighted by Crippen LogP contribution is -2.07. The third-order valence-corrected chi connectivity index (χ3v) is 1.87. The molecule has 0 aliphatic rings. The number of nitrogen functional groups attached to an aromatic ring is 1. The predicted octanol–water partition coefficient (Wildman–Crippen LogP) is 0.876. The Morgan fingerprint density at radius 1 is 1.57 bits per heavy atom. The van der Waals surface area contributed by atoms with Crippen LogP contribution in [0.4, 0.5) is 11.4 Å². The number of benzene rings is 1. The fraction of sp³-hybridized carbons (Fsp3) is 0.300. The lowest BCUT2D eigenvalue weighted by Gasteiger charge is -2.07. The molecular formula is C10H14N2O2. The van der Waals surface area contributed by atoms with Crippen LogP contribution < -0.4 is 11.1 Å². The van der Waals surface area contributed by atoms with Gasteiger partial charge in [-0.15, -0.1) is 0 Å². The van der Waals surface area contributed by atoms with Gasteiger partial charge in [0.05, 0.1) is 6.61 Å². The van der Waals surface area contributed by atoms with Crippen LogP contribution in [0.15, 0.2) is 18.2 Å². The van der Waals surface area contributed by atoms with E-state index in [-0.39, 0.29) is 12.4 Å². The second-order valence-electron chi connectivity index (χ2n) is 3.01. The van der Waals surface area contributed by atoms with Crippen LogP contribution >= 0.6 is 0 Å². The molecule has 0 heterocycles. The molecule has 0 aromatic heterocycles. The number of nitrogens with one attached hydrogen (secondary N) is 1. The minimum absolute atomic E-state index is 0.0452. The van der Waals surface area contributed by atoms with E-state index in [9.17, 15) is 4.79 Å². The van der Waals surface area contributed by atoms with E-state index in [2.05, 4.69) is 5.32 Å². The van der Waals surface area contributed by atoms with Crippen molar-refractivity contribution in [3.05, 3.63) is 23.8 Å². The minimum Gasteiger partial charge on any atom is -0.398 e. The molecule has 0 saturated heterocycles. The second kappa shape index (κ2) is 4.62. The highest BCUT2D eigenvalue weighted by molar-refractivity contribution is 5.99. The van der Waals surface area contributed by atoms with Crippen molar-refractivity contribution in [2.24, 2.45) is 0 Å². The summed E-state index contributed by atoms with van der Waals surface area (Å²) in [6, 6.07) is 5.13. The Kier molecular flexibility index (Phi) is 3.48. The van der Waals surface area contributed by atoms with Crippen LogP contribution in [0.3, 0.4) is 0 Å². The first kappa shape index (κ1) is 10.5. The van der Waals surface area contributed by atoms with E-state index in [4.69, 9.17) is 10.8 Å². The molecule has 0 spiro atoms. The molecule has 0 saturated carbocycles. The summed E-state index contributed by atoms with van der Waals surface area (Å²) in [5, 5.41) is 11.6. The topological polar surface area (TPSA) is 75.3 Å². The molecule has 1 rings (SSSR count). The summed E-state index contributed by atoms with van der Waals surface area (Å²) in [4.78, 5) is 11.1. The maximum absolute atomic E-state index is 11.1. The third kappa shape index (κ3) is 2.47. The van der Waals surface area contributed by atoms with E-state index < -0.39 is 0 Å². The molecule has 4 heteroatoms. The summed E-state index contributed by atoms with van der Waals surface area (Å²) < 4.78 is 0. The van der Waals surface area contributed by atoms with Crippen LogP contribution in [0, 0.1) is 0 Å². The maximum Gasteiger partial charge on any atom is 0.161 e. The number of rotatable bonds is 4. The molecule has 0 radical (unpaired) electrons. The van der Waals surface area contributed by atoms with Crippen molar-refractivity contribution < 1.29 is 9.90 Å². The van der Waals surface area contributed by atoms with Gasteiger partial charge in [-0.1, -0.05) is 0 Å². The zero-order valence-electron chi connectivity index (χ0n) is 8.08. The zero-order chi connectivity index (χ0) is 10.6. The molecule has 1 aromatic carbocycles. The highest BCUT2D eigenvalue weighted by Crippen LogP contribution is 2.18.